The van der Waals surface area contributed by atoms with Gasteiger partial charge in [0.2, 0.25) is 24.5 Å². The Bertz CT molecular complexity index is 3140. The van der Waals surface area contributed by atoms with E-state index in [1.165, 1.54) is 21.6 Å². The number of nitrogens with two attached hydrogens (primary N) is 1. The number of nitrogens with zero attached hydrogens (tertiary/aromatic N) is 3. The summed E-state index contributed by atoms with van der Waals surface area (Å²) in [6.45, 7) is 11.3. The molecule has 0 spiro atoms. The van der Waals surface area contributed by atoms with Crippen LogP contribution >= 0.6 is 0 Å². The van der Waals surface area contributed by atoms with Crippen LogP contribution in [-0.4, -0.2) is 205 Å². The van der Waals surface area contributed by atoms with Crippen LogP contribution in [0.2, 0.25) is 0 Å². The molecule has 28 heteroatoms. The number of amides is 5. The van der Waals surface area contributed by atoms with Gasteiger partial charge in [0.15, 0.2) is 17.1 Å². The van der Waals surface area contributed by atoms with Gasteiger partial charge < -0.3 is 83.5 Å². The predicted octanol–water partition coefficient (Wildman–Crippen LogP) is 2.74. The zero-order chi connectivity index (χ0) is 67.2. The van der Waals surface area contributed by atoms with Gasteiger partial charge in [-0.2, -0.15) is 0 Å². The zero-order valence-corrected chi connectivity index (χ0v) is 54.4. The molecule has 1 aromatic carbocycles. The van der Waals surface area contributed by atoms with Crippen molar-refractivity contribution < 1.29 is 95.6 Å². The zero-order valence-electron chi connectivity index (χ0n) is 54.4. The molecule has 518 valence electrons. The highest BCUT2D eigenvalue weighted by atomic mass is 16.7. The number of fused-ring (bicyclic) bond motifs is 6. The number of esters is 1. The second-order valence-corrected chi connectivity index (χ2v) is 23.4. The summed E-state index contributed by atoms with van der Waals surface area (Å²) in [5.74, 6) is -3.06. The van der Waals surface area contributed by atoms with Crippen LogP contribution in [0.3, 0.4) is 0 Å². The van der Waals surface area contributed by atoms with E-state index in [2.05, 4.69) is 16.0 Å². The minimum Gasteiger partial charge on any atom is -0.458 e. The van der Waals surface area contributed by atoms with Gasteiger partial charge in [-0.25, -0.2) is 9.78 Å². The average Bonchev–Trinajstić information content (AvgIpc) is 1.56. The monoisotopic (exact) mass is 1320 g/mol. The lowest BCUT2D eigenvalue weighted by Gasteiger charge is -2.31. The first-order chi connectivity index (χ1) is 45.5. The maximum absolute atomic E-state index is 14.0. The number of aliphatic hydroxyl groups is 1. The van der Waals surface area contributed by atoms with Crippen molar-refractivity contribution in [3.05, 3.63) is 63.0 Å². The summed E-state index contributed by atoms with van der Waals surface area (Å²) in [5.41, 5.74) is 6.13. The van der Waals surface area contributed by atoms with Crippen molar-refractivity contribution in [1.29, 1.82) is 0 Å². The van der Waals surface area contributed by atoms with Gasteiger partial charge in [0.25, 0.3) is 17.4 Å². The molecular weight excluding hydrogens is 1230 g/mol. The van der Waals surface area contributed by atoms with E-state index in [0.717, 1.165) is 12.8 Å². The third kappa shape index (κ3) is 22.0. The van der Waals surface area contributed by atoms with Gasteiger partial charge in [-0.05, 0) is 75.1 Å². The number of aromatic nitrogens is 2. The Morgan fingerprint density at radius 2 is 1.24 bits per heavy atom. The molecule has 0 saturated heterocycles. The van der Waals surface area contributed by atoms with Crippen molar-refractivity contribution in [1.82, 2.24) is 30.4 Å². The van der Waals surface area contributed by atoms with Crippen molar-refractivity contribution in [2.24, 2.45) is 17.6 Å². The number of Topliss-reactive ketones (excluding diaryl/α,β-unsaturated/α-hetero) is 2. The smallest absolute Gasteiger partial charge is 0.343 e. The number of nitrogens with one attached hydrogen (secondary N) is 3. The largest absolute Gasteiger partial charge is 0.458 e. The summed E-state index contributed by atoms with van der Waals surface area (Å²) in [6.07, 6.45) is 7.67. The number of unbranched alkanes of at least 4 members (excludes halogenated alkanes) is 3. The average molecular weight is 1320 g/mol. The number of pyridine rings is 2. The van der Waals surface area contributed by atoms with Gasteiger partial charge >= 0.3 is 5.97 Å². The van der Waals surface area contributed by atoms with Gasteiger partial charge in [-0.3, -0.25) is 43.3 Å². The third-order valence-corrected chi connectivity index (χ3v) is 16.5. The number of rotatable bonds is 49. The fourth-order valence-corrected chi connectivity index (χ4v) is 11.1. The number of carbonyl (C=O) groups excluding carboxylic acids is 8. The number of cyclic esters (lactones) is 1. The number of imide groups is 1. The lowest BCUT2D eigenvalue weighted by molar-refractivity contribution is -0.172. The molecule has 2 aromatic heterocycles. The molecule has 0 aliphatic carbocycles. The van der Waals surface area contributed by atoms with Crippen LogP contribution in [0.25, 0.3) is 22.3 Å². The summed E-state index contributed by atoms with van der Waals surface area (Å²) in [4.78, 5) is 122. The second kappa shape index (κ2) is 39.0. The van der Waals surface area contributed by atoms with Crippen LogP contribution in [0.4, 0.5) is 0 Å². The topological polar surface area (TPSA) is 359 Å². The SMILES string of the molecule is CC[C@@]1(O)C(=O)OCc2c1cc1n(c2=O)Cc2c-1nc1cc3c(cc1c2CNC(=O)CNC(=O)[C@H](CCCCN)NC(=O)[C@@H](CC(=O)CCOCCOCCOCCOCCOCCOCCOCCOCCCC(=O)CCCCCN1C(=O)C=CC1=O)C(C)C)OCO3. The van der Waals surface area contributed by atoms with E-state index < -0.39 is 53.4 Å². The van der Waals surface area contributed by atoms with Crippen molar-refractivity contribution in [2.75, 3.05) is 132 Å². The summed E-state index contributed by atoms with van der Waals surface area (Å²) >= 11 is 0. The number of ketones is 2. The standard InChI is InChI=1S/C66H93N7O21/c1-4-66(83)52-37-55-61-50(41-73(55)64(81)51(52)42-92-65(66)82)49(48-36-56-57(94-43-93-56)38-54(48)70-61)39-68-58(76)40-69-63(80)53(13-7-8-17-67)71-62(79)47(44(2)3)35-46(75)16-20-85-22-24-87-26-28-89-30-32-91-34-33-90-31-29-88-27-25-86-23-21-84-19-10-12-45(74)11-6-5-9-18-72-59(77)14-15-60(72)78/h14-15,36-38,44,47,53,83H,4-13,16-35,39-43,67H2,1-3H3,(H,68,76)(H,69,80)(H,71,79)/t47-,53-,66-/m0/s1. The Morgan fingerprint density at radius 1 is 0.660 bits per heavy atom. The van der Waals surface area contributed by atoms with Crippen molar-refractivity contribution in [3.63, 3.8) is 0 Å². The number of hydrogen-bond donors (Lipinski definition) is 5. The molecule has 7 rings (SSSR count). The quantitative estimate of drug-likeness (QED) is 0.0241. The maximum atomic E-state index is 14.0. The third-order valence-electron chi connectivity index (χ3n) is 16.5. The van der Waals surface area contributed by atoms with Crippen LogP contribution in [-0.2, 0) is 106 Å². The molecule has 4 aliphatic heterocycles. The molecule has 6 heterocycles. The fraction of sp³-hybridized carbons (Fsp3) is 0.636. The molecule has 3 aromatic rings. The van der Waals surface area contributed by atoms with Crippen molar-refractivity contribution in [3.8, 4) is 22.9 Å². The highest BCUT2D eigenvalue weighted by Gasteiger charge is 2.46. The number of hydrogen-bond acceptors (Lipinski definition) is 23. The summed E-state index contributed by atoms with van der Waals surface area (Å²) in [6, 6.07) is 4.04. The van der Waals surface area contributed by atoms with Gasteiger partial charge in [-0.15, -0.1) is 0 Å². The van der Waals surface area contributed by atoms with E-state index >= 15 is 0 Å². The Hall–Kier alpha value is -7.12. The van der Waals surface area contributed by atoms with Crippen LogP contribution in [0.1, 0.15) is 120 Å². The van der Waals surface area contributed by atoms with E-state index in [0.29, 0.717) is 189 Å². The molecule has 0 unspecified atom stereocenters. The molecule has 0 bridgehead atoms. The molecule has 3 atom stereocenters. The maximum Gasteiger partial charge on any atom is 0.343 e. The minimum atomic E-state index is -2.03. The predicted molar refractivity (Wildman–Crippen MR) is 338 cm³/mol. The Morgan fingerprint density at radius 3 is 1.84 bits per heavy atom. The fourth-order valence-electron chi connectivity index (χ4n) is 11.1. The molecule has 28 nitrogen and oxygen atoms in total. The normalized spacial score (nSPS) is 15.9. The van der Waals surface area contributed by atoms with Crippen LogP contribution in [0, 0.1) is 11.8 Å². The van der Waals surface area contributed by atoms with E-state index in [-0.39, 0.29) is 106 Å². The number of benzene rings is 1. The van der Waals surface area contributed by atoms with Gasteiger partial charge in [0.1, 0.15) is 24.2 Å². The van der Waals surface area contributed by atoms with E-state index in [4.69, 9.17) is 62.8 Å². The molecule has 94 heavy (non-hydrogen) atoms. The lowest BCUT2D eigenvalue weighted by atomic mass is 9.86. The molecule has 5 amide bonds. The molecule has 0 radical (unpaired) electrons. The lowest BCUT2D eigenvalue weighted by Crippen LogP contribution is -2.51. The minimum absolute atomic E-state index is 0.000866. The van der Waals surface area contributed by atoms with E-state index in [9.17, 15) is 48.3 Å². The first-order valence-electron chi connectivity index (χ1n) is 32.7. The summed E-state index contributed by atoms with van der Waals surface area (Å²) < 4.78 is 62.5. The molecule has 6 N–H and O–H groups in total. The van der Waals surface area contributed by atoms with Gasteiger partial charge in [0, 0.05) is 86.0 Å². The highest BCUT2D eigenvalue weighted by Crippen LogP contribution is 2.43. The highest BCUT2D eigenvalue weighted by molar-refractivity contribution is 6.12. The molecule has 0 saturated carbocycles. The second-order valence-electron chi connectivity index (χ2n) is 23.4. The molecule has 0 fully saturated rings. The van der Waals surface area contributed by atoms with Crippen molar-refractivity contribution >= 4 is 58.0 Å². The van der Waals surface area contributed by atoms with Gasteiger partial charge in [-0.1, -0.05) is 27.2 Å². The summed E-state index contributed by atoms with van der Waals surface area (Å²) in [5, 5.41) is 20.4. The van der Waals surface area contributed by atoms with Crippen LogP contribution in [0.5, 0.6) is 11.5 Å². The van der Waals surface area contributed by atoms with Gasteiger partial charge in [0.05, 0.1) is 135 Å². The first kappa shape index (κ1) is 74.3. The van der Waals surface area contributed by atoms with Crippen molar-refractivity contribution in [2.45, 2.75) is 129 Å². The number of ether oxygens (including phenoxy) is 11. The molecular formula is C66H93N7O21. The first-order valence-corrected chi connectivity index (χ1v) is 32.7. The van der Waals surface area contributed by atoms with E-state index in [1.807, 2.05) is 13.8 Å². The Balaban J connectivity index is 0.691. The summed E-state index contributed by atoms with van der Waals surface area (Å²) in [7, 11) is 0. The Labute approximate surface area is 546 Å². The molecule has 4 aliphatic rings. The Kier molecular flexibility index (Phi) is 30.9. The van der Waals surface area contributed by atoms with E-state index in [1.54, 1.807) is 25.1 Å². The number of carbonyl (C=O) groups is 8. The van der Waals surface area contributed by atoms with Crippen LogP contribution < -0.4 is 36.7 Å². The van der Waals surface area contributed by atoms with Crippen LogP contribution in [0.15, 0.2) is 35.1 Å².